The van der Waals surface area contributed by atoms with Gasteiger partial charge in [-0.2, -0.15) is 0 Å². The maximum atomic E-state index is 12.3. The normalized spacial score (nSPS) is 15.1. The maximum Gasteiger partial charge on any atom is 0.335 e. The quantitative estimate of drug-likeness (QED) is 0.237. The van der Waals surface area contributed by atoms with Gasteiger partial charge in [-0.15, -0.1) is 0 Å². The van der Waals surface area contributed by atoms with Crippen LogP contribution in [-0.4, -0.2) is 51.6 Å². The molecule has 1 saturated carbocycles. The van der Waals surface area contributed by atoms with E-state index < -0.39 is 11.9 Å². The lowest BCUT2D eigenvalue weighted by atomic mass is 9.75. The van der Waals surface area contributed by atoms with Gasteiger partial charge < -0.3 is 18.9 Å². The predicted molar refractivity (Wildman–Crippen MR) is 117 cm³/mol. The molecular formula is C24H36O6. The van der Waals surface area contributed by atoms with Crippen molar-refractivity contribution in [1.29, 1.82) is 0 Å². The lowest BCUT2D eigenvalue weighted by Gasteiger charge is -2.36. The molecule has 0 aromatic heterocycles. The van der Waals surface area contributed by atoms with Crippen LogP contribution >= 0.6 is 0 Å². The van der Waals surface area contributed by atoms with E-state index in [1.165, 1.54) is 0 Å². The highest BCUT2D eigenvalue weighted by Gasteiger charge is 2.35. The van der Waals surface area contributed by atoms with E-state index >= 15 is 0 Å². The number of esters is 2. The average Bonchev–Trinajstić information content (AvgIpc) is 2.70. The van der Waals surface area contributed by atoms with Crippen LogP contribution in [0.1, 0.15) is 46.0 Å². The van der Waals surface area contributed by atoms with Crippen LogP contribution in [0, 0.1) is 5.41 Å². The summed E-state index contributed by atoms with van der Waals surface area (Å²) in [6.07, 6.45) is 4.77. The standard InChI is InChI=1S/C24H36O6/c1-18(2)12-27-14-20(5)22(25)29-16-24(10-8-7-9-11-24)17-30-23(26)21(6)15-28-13-19(3)4/h1,3,5-17H2,2,4H3. The molecule has 0 aromatic carbocycles. The molecule has 0 aromatic rings. The molecule has 0 saturated heterocycles. The Balaban J connectivity index is 2.52. The van der Waals surface area contributed by atoms with Crippen molar-refractivity contribution in [2.75, 3.05) is 39.6 Å². The Kier molecular flexibility index (Phi) is 11.4. The van der Waals surface area contributed by atoms with Gasteiger partial charge in [-0.05, 0) is 26.7 Å². The van der Waals surface area contributed by atoms with E-state index in [1.54, 1.807) is 0 Å². The Labute approximate surface area is 180 Å². The number of ether oxygens (including phenoxy) is 4. The van der Waals surface area contributed by atoms with Crippen LogP contribution in [0.2, 0.25) is 0 Å². The van der Waals surface area contributed by atoms with Crippen molar-refractivity contribution in [1.82, 2.24) is 0 Å². The fourth-order valence-corrected chi connectivity index (χ4v) is 3.09. The highest BCUT2D eigenvalue weighted by atomic mass is 16.6. The van der Waals surface area contributed by atoms with Crippen LogP contribution in [0.3, 0.4) is 0 Å². The van der Waals surface area contributed by atoms with Gasteiger partial charge >= 0.3 is 11.9 Å². The number of carbonyl (C=O) groups is 2. The van der Waals surface area contributed by atoms with Gasteiger partial charge in [-0.1, -0.05) is 56.7 Å². The van der Waals surface area contributed by atoms with E-state index in [-0.39, 0.29) is 43.0 Å². The Bertz CT molecular complexity index is 605. The SMILES string of the molecule is C=C(C)COCC(=C)C(=O)OCC1(COC(=O)C(=C)COCC(=C)C)CCCCC1. The summed E-state index contributed by atoms with van der Waals surface area (Å²) in [5.74, 6) is -0.990. The summed E-state index contributed by atoms with van der Waals surface area (Å²) in [7, 11) is 0. The van der Waals surface area contributed by atoms with Crippen LogP contribution in [0.5, 0.6) is 0 Å². The third-order valence-electron chi connectivity index (χ3n) is 4.76. The lowest BCUT2D eigenvalue weighted by Crippen LogP contribution is -2.37. The molecule has 1 aliphatic rings. The summed E-state index contributed by atoms with van der Waals surface area (Å²) in [5, 5.41) is 0. The second-order valence-corrected chi connectivity index (χ2v) is 8.32. The average molecular weight is 421 g/mol. The largest absolute Gasteiger partial charge is 0.462 e. The first kappa shape index (κ1) is 25.9. The molecule has 0 bridgehead atoms. The van der Waals surface area contributed by atoms with Crippen LogP contribution in [0.15, 0.2) is 48.6 Å². The van der Waals surface area contributed by atoms with Gasteiger partial charge in [0.15, 0.2) is 0 Å². The summed E-state index contributed by atoms with van der Waals surface area (Å²) < 4.78 is 21.7. The molecular weight excluding hydrogens is 384 g/mol. The van der Waals surface area contributed by atoms with Crippen LogP contribution in [0.25, 0.3) is 0 Å². The topological polar surface area (TPSA) is 71.1 Å². The molecule has 6 nitrogen and oxygen atoms in total. The van der Waals surface area contributed by atoms with Gasteiger partial charge in [-0.25, -0.2) is 9.59 Å². The van der Waals surface area contributed by atoms with Crippen molar-refractivity contribution >= 4 is 11.9 Å². The highest BCUT2D eigenvalue weighted by molar-refractivity contribution is 5.88. The smallest absolute Gasteiger partial charge is 0.335 e. The fourth-order valence-electron chi connectivity index (χ4n) is 3.09. The third kappa shape index (κ3) is 10.0. The molecule has 6 heteroatoms. The monoisotopic (exact) mass is 420 g/mol. The van der Waals surface area contributed by atoms with E-state index in [1.807, 2.05) is 13.8 Å². The molecule has 1 aliphatic carbocycles. The van der Waals surface area contributed by atoms with Crippen LogP contribution in [-0.2, 0) is 28.5 Å². The van der Waals surface area contributed by atoms with Crippen molar-refractivity contribution in [3.8, 4) is 0 Å². The summed E-state index contributed by atoms with van der Waals surface area (Å²) in [6.45, 7) is 19.9. The molecule has 30 heavy (non-hydrogen) atoms. The number of rotatable bonds is 14. The van der Waals surface area contributed by atoms with Crippen molar-refractivity contribution in [2.45, 2.75) is 46.0 Å². The van der Waals surface area contributed by atoms with Gasteiger partial charge in [0.05, 0.1) is 37.6 Å². The molecule has 0 radical (unpaired) electrons. The second-order valence-electron chi connectivity index (χ2n) is 8.32. The van der Waals surface area contributed by atoms with Crippen LogP contribution < -0.4 is 0 Å². The zero-order chi connectivity index (χ0) is 22.6. The fraction of sp³-hybridized carbons (Fsp3) is 0.583. The Hall–Kier alpha value is -2.18. The number of hydrogen-bond donors (Lipinski definition) is 0. The Morgan fingerprint density at radius 2 is 1.10 bits per heavy atom. The van der Waals surface area contributed by atoms with Gasteiger partial charge in [0, 0.05) is 5.41 Å². The lowest BCUT2D eigenvalue weighted by molar-refractivity contribution is -0.151. The molecule has 0 amide bonds. The minimum absolute atomic E-state index is 0.0949. The molecule has 1 fully saturated rings. The van der Waals surface area contributed by atoms with Gasteiger partial charge in [-0.3, -0.25) is 0 Å². The zero-order valence-electron chi connectivity index (χ0n) is 18.6. The minimum Gasteiger partial charge on any atom is -0.462 e. The van der Waals surface area contributed by atoms with E-state index in [0.717, 1.165) is 43.3 Å². The maximum absolute atomic E-state index is 12.3. The molecule has 0 atom stereocenters. The molecule has 0 unspecified atom stereocenters. The van der Waals surface area contributed by atoms with Gasteiger partial charge in [0.2, 0.25) is 0 Å². The number of carbonyl (C=O) groups excluding carboxylic acids is 2. The first-order chi connectivity index (χ1) is 14.1. The van der Waals surface area contributed by atoms with E-state index in [4.69, 9.17) is 18.9 Å². The molecule has 0 N–H and O–H groups in total. The van der Waals surface area contributed by atoms with Gasteiger partial charge in [0.1, 0.15) is 13.2 Å². The van der Waals surface area contributed by atoms with E-state index in [9.17, 15) is 9.59 Å². The van der Waals surface area contributed by atoms with Crippen molar-refractivity contribution in [3.05, 3.63) is 48.6 Å². The molecule has 0 heterocycles. The third-order valence-corrected chi connectivity index (χ3v) is 4.76. The summed E-state index contributed by atoms with van der Waals surface area (Å²) in [4.78, 5) is 24.5. The zero-order valence-corrected chi connectivity index (χ0v) is 18.6. The predicted octanol–water partition coefficient (Wildman–Crippen LogP) is 4.32. The van der Waals surface area contributed by atoms with Gasteiger partial charge in [0.25, 0.3) is 0 Å². The summed E-state index contributed by atoms with van der Waals surface area (Å²) >= 11 is 0. The van der Waals surface area contributed by atoms with Crippen molar-refractivity contribution in [3.63, 3.8) is 0 Å². The molecule has 0 spiro atoms. The van der Waals surface area contributed by atoms with Crippen LogP contribution in [0.4, 0.5) is 0 Å². The van der Waals surface area contributed by atoms with E-state index in [0.29, 0.717) is 13.2 Å². The Morgan fingerprint density at radius 1 is 0.700 bits per heavy atom. The molecule has 168 valence electrons. The second kappa shape index (κ2) is 13.2. The van der Waals surface area contributed by atoms with Crippen molar-refractivity contribution < 1.29 is 28.5 Å². The first-order valence-electron chi connectivity index (χ1n) is 10.3. The molecule has 0 aliphatic heterocycles. The summed E-state index contributed by atoms with van der Waals surface area (Å²) in [5.41, 5.74) is 1.85. The van der Waals surface area contributed by atoms with E-state index in [2.05, 4.69) is 26.3 Å². The highest BCUT2D eigenvalue weighted by Crippen LogP contribution is 2.37. The molecule has 1 rings (SSSR count). The minimum atomic E-state index is -0.495. The first-order valence-corrected chi connectivity index (χ1v) is 10.3. The number of hydrogen-bond acceptors (Lipinski definition) is 6. The Morgan fingerprint density at radius 3 is 1.47 bits per heavy atom. The van der Waals surface area contributed by atoms with Crippen molar-refractivity contribution in [2.24, 2.45) is 5.41 Å². The summed E-state index contributed by atoms with van der Waals surface area (Å²) in [6, 6.07) is 0.